The van der Waals surface area contributed by atoms with Crippen LogP contribution in [0, 0.1) is 0 Å². The van der Waals surface area contributed by atoms with Gasteiger partial charge in [0.15, 0.2) is 0 Å². The molecular weight excluding hydrogens is 408 g/mol. The molecule has 0 radical (unpaired) electrons. The Balaban J connectivity index is 1.23. The van der Waals surface area contributed by atoms with Gasteiger partial charge in [-0.15, -0.1) is 0 Å². The number of fused-ring (bicyclic) bond motifs is 2. The topological polar surface area (TPSA) is 94.7 Å². The van der Waals surface area contributed by atoms with Crippen LogP contribution < -0.4 is 5.32 Å². The number of aromatic nitrogens is 1. The normalized spacial score (nSPS) is 20.8. The summed E-state index contributed by atoms with van der Waals surface area (Å²) >= 11 is 0. The van der Waals surface area contributed by atoms with Crippen LogP contribution in [0.3, 0.4) is 0 Å². The van der Waals surface area contributed by atoms with Crippen LogP contribution in [0.5, 0.6) is 0 Å². The summed E-state index contributed by atoms with van der Waals surface area (Å²) in [5, 5.41) is 3.91. The van der Waals surface area contributed by atoms with Crippen LogP contribution in [0.15, 0.2) is 60.8 Å². The molecule has 2 saturated heterocycles. The average Bonchev–Trinajstić information content (AvgIpc) is 3.24. The second-order valence-electron chi connectivity index (χ2n) is 8.16. The Kier molecular flexibility index (Phi) is 5.26. The molecule has 8 nitrogen and oxygen atoms in total. The van der Waals surface area contributed by atoms with E-state index in [1.54, 1.807) is 4.90 Å². The van der Waals surface area contributed by atoms with Crippen molar-refractivity contribution in [1.82, 2.24) is 20.1 Å². The van der Waals surface area contributed by atoms with Crippen molar-refractivity contribution in [3.63, 3.8) is 0 Å². The summed E-state index contributed by atoms with van der Waals surface area (Å²) in [6, 6.07) is 16.0. The lowest BCUT2D eigenvalue weighted by Crippen LogP contribution is -2.70. The van der Waals surface area contributed by atoms with Crippen LogP contribution in [-0.2, 0) is 27.4 Å². The van der Waals surface area contributed by atoms with Gasteiger partial charge in [0, 0.05) is 36.6 Å². The lowest BCUT2D eigenvalue weighted by molar-refractivity contribution is -0.152. The van der Waals surface area contributed by atoms with E-state index in [9.17, 15) is 14.4 Å². The third-order valence-electron chi connectivity index (χ3n) is 6.14. The van der Waals surface area contributed by atoms with E-state index < -0.39 is 18.2 Å². The number of H-pyrrole nitrogens is 1. The molecule has 2 aliphatic rings. The van der Waals surface area contributed by atoms with Crippen molar-refractivity contribution in [2.75, 3.05) is 19.6 Å². The van der Waals surface area contributed by atoms with Gasteiger partial charge in [-0.3, -0.25) is 9.59 Å². The van der Waals surface area contributed by atoms with Gasteiger partial charge in [0.25, 0.3) is 0 Å². The monoisotopic (exact) mass is 432 g/mol. The van der Waals surface area contributed by atoms with E-state index in [0.717, 1.165) is 22.0 Å². The number of hydrogen-bond donors (Lipinski definition) is 2. The second kappa shape index (κ2) is 8.37. The van der Waals surface area contributed by atoms with Gasteiger partial charge in [0.1, 0.15) is 18.7 Å². The van der Waals surface area contributed by atoms with Crippen LogP contribution >= 0.6 is 0 Å². The van der Waals surface area contributed by atoms with Gasteiger partial charge in [-0.25, -0.2) is 4.79 Å². The number of rotatable bonds is 4. The minimum Gasteiger partial charge on any atom is -0.445 e. The van der Waals surface area contributed by atoms with Gasteiger partial charge in [-0.05, 0) is 17.2 Å². The van der Waals surface area contributed by atoms with E-state index in [1.807, 2.05) is 60.8 Å². The minimum absolute atomic E-state index is 0.114. The van der Waals surface area contributed by atoms with Gasteiger partial charge in [0.2, 0.25) is 11.8 Å². The van der Waals surface area contributed by atoms with Gasteiger partial charge < -0.3 is 24.8 Å². The molecule has 3 amide bonds. The maximum Gasteiger partial charge on any atom is 0.410 e. The highest BCUT2D eigenvalue weighted by atomic mass is 16.6. The Hall–Kier alpha value is -3.81. The number of para-hydroxylation sites is 1. The summed E-state index contributed by atoms with van der Waals surface area (Å²) in [5.74, 6) is -0.354. The number of carbonyl (C=O) groups is 3. The number of carbonyl (C=O) groups excluding carboxylic acids is 3. The SMILES string of the molecule is O=C1N[C@@H](Cc2c[nH]c3ccccc23)C(=O)N2CCN(C(=O)OCc3ccccc3)C[C@H]12. The number of piperazine rings is 2. The summed E-state index contributed by atoms with van der Waals surface area (Å²) in [4.78, 5) is 44.8. The van der Waals surface area contributed by atoms with Crippen LogP contribution in [0.4, 0.5) is 4.79 Å². The fraction of sp³-hybridized carbons (Fsp3) is 0.292. The molecule has 0 saturated carbocycles. The third-order valence-corrected chi connectivity index (χ3v) is 6.14. The zero-order valence-corrected chi connectivity index (χ0v) is 17.5. The number of benzene rings is 2. The summed E-state index contributed by atoms with van der Waals surface area (Å²) in [7, 11) is 0. The van der Waals surface area contributed by atoms with Crippen LogP contribution in [0.1, 0.15) is 11.1 Å². The molecule has 2 aromatic carbocycles. The summed E-state index contributed by atoms with van der Waals surface area (Å²) in [6.07, 6.45) is 1.83. The standard InChI is InChI=1S/C24H24N4O4/c29-22-21-14-27(24(31)32-15-16-6-2-1-3-7-16)10-11-28(21)23(30)20(26-22)12-17-13-25-19-9-5-4-8-18(17)19/h1-9,13,20-21,25H,10-12,14-15H2,(H,26,29)/t20-,21+/m0/s1. The van der Waals surface area contributed by atoms with Gasteiger partial charge >= 0.3 is 6.09 Å². The Morgan fingerprint density at radius 2 is 1.81 bits per heavy atom. The van der Waals surface area contributed by atoms with Crippen LogP contribution in [0.25, 0.3) is 10.9 Å². The van der Waals surface area contributed by atoms with E-state index >= 15 is 0 Å². The predicted octanol–water partition coefficient (Wildman–Crippen LogP) is 2.06. The van der Waals surface area contributed by atoms with Gasteiger partial charge in [0.05, 0.1) is 6.54 Å². The highest BCUT2D eigenvalue weighted by molar-refractivity contribution is 5.98. The van der Waals surface area contributed by atoms with Crippen molar-refractivity contribution in [2.45, 2.75) is 25.1 Å². The number of aromatic amines is 1. The first-order valence-corrected chi connectivity index (χ1v) is 10.7. The maximum atomic E-state index is 13.1. The van der Waals surface area contributed by atoms with Crippen LogP contribution in [-0.4, -0.2) is 64.4 Å². The van der Waals surface area contributed by atoms with Crippen molar-refractivity contribution in [3.05, 3.63) is 71.9 Å². The first-order valence-electron chi connectivity index (χ1n) is 10.7. The molecule has 3 heterocycles. The lowest BCUT2D eigenvalue weighted by atomic mass is 9.98. The highest BCUT2D eigenvalue weighted by Crippen LogP contribution is 2.23. The van der Waals surface area contributed by atoms with E-state index in [0.29, 0.717) is 19.5 Å². The fourth-order valence-corrected chi connectivity index (χ4v) is 4.44. The Bertz CT molecular complexity index is 1160. The molecule has 2 fully saturated rings. The molecule has 5 rings (SSSR count). The summed E-state index contributed by atoms with van der Waals surface area (Å²) in [5.41, 5.74) is 2.88. The number of nitrogens with zero attached hydrogens (tertiary/aromatic N) is 2. The van der Waals surface area contributed by atoms with Crippen molar-refractivity contribution in [2.24, 2.45) is 0 Å². The average molecular weight is 432 g/mol. The number of ether oxygens (including phenoxy) is 1. The minimum atomic E-state index is -0.695. The van der Waals surface area contributed by atoms with E-state index in [4.69, 9.17) is 4.74 Å². The Labute approximate surface area is 185 Å². The molecular formula is C24H24N4O4. The lowest BCUT2D eigenvalue weighted by Gasteiger charge is -2.44. The molecule has 2 N–H and O–H groups in total. The van der Waals surface area contributed by atoms with E-state index in [2.05, 4.69) is 10.3 Å². The van der Waals surface area contributed by atoms with Gasteiger partial charge in [-0.2, -0.15) is 0 Å². The zero-order chi connectivity index (χ0) is 22.1. The molecule has 0 aliphatic carbocycles. The largest absolute Gasteiger partial charge is 0.445 e. The van der Waals surface area contributed by atoms with Gasteiger partial charge in [-0.1, -0.05) is 48.5 Å². The molecule has 164 valence electrons. The molecule has 1 aromatic heterocycles. The third kappa shape index (κ3) is 3.79. The molecule has 2 atom stereocenters. The predicted molar refractivity (Wildman–Crippen MR) is 118 cm³/mol. The van der Waals surface area contributed by atoms with Crippen molar-refractivity contribution in [1.29, 1.82) is 0 Å². The van der Waals surface area contributed by atoms with Crippen molar-refractivity contribution < 1.29 is 19.1 Å². The summed E-state index contributed by atoms with van der Waals surface area (Å²) < 4.78 is 5.39. The molecule has 8 heteroatoms. The number of nitrogens with one attached hydrogen (secondary N) is 2. The van der Waals surface area contributed by atoms with Crippen molar-refractivity contribution >= 4 is 28.8 Å². The fourth-order valence-electron chi connectivity index (χ4n) is 4.44. The first kappa shape index (κ1) is 20.1. The summed E-state index contributed by atoms with van der Waals surface area (Å²) in [6.45, 7) is 0.943. The van der Waals surface area contributed by atoms with Crippen LogP contribution in [0.2, 0.25) is 0 Å². The number of amides is 3. The first-order chi connectivity index (χ1) is 15.6. The molecule has 3 aromatic rings. The zero-order valence-electron chi connectivity index (χ0n) is 17.5. The van der Waals surface area contributed by atoms with E-state index in [1.165, 1.54) is 4.90 Å². The maximum absolute atomic E-state index is 13.1. The molecule has 32 heavy (non-hydrogen) atoms. The highest BCUT2D eigenvalue weighted by Gasteiger charge is 2.44. The quantitative estimate of drug-likeness (QED) is 0.660. The van der Waals surface area contributed by atoms with Crippen molar-refractivity contribution in [3.8, 4) is 0 Å². The Morgan fingerprint density at radius 3 is 2.66 bits per heavy atom. The molecule has 0 bridgehead atoms. The second-order valence-corrected chi connectivity index (χ2v) is 8.16. The smallest absolute Gasteiger partial charge is 0.410 e. The molecule has 0 spiro atoms. The number of hydrogen-bond acceptors (Lipinski definition) is 4. The molecule has 0 unspecified atom stereocenters. The Morgan fingerprint density at radius 1 is 1.03 bits per heavy atom. The van der Waals surface area contributed by atoms with E-state index in [-0.39, 0.29) is 25.0 Å². The molecule has 2 aliphatic heterocycles.